The van der Waals surface area contributed by atoms with Gasteiger partial charge in [0.15, 0.2) is 0 Å². The average molecular weight is 410 g/mol. The Bertz CT molecular complexity index is 1100. The summed E-state index contributed by atoms with van der Waals surface area (Å²) in [6.07, 6.45) is 5.67. The first-order chi connectivity index (χ1) is 13.8. The van der Waals surface area contributed by atoms with Crippen LogP contribution in [0.1, 0.15) is 23.1 Å². The number of thioether (sulfide) groups is 1. The molecule has 0 aromatic carbocycles. The van der Waals surface area contributed by atoms with Gasteiger partial charge in [0.2, 0.25) is 5.16 Å². The molecule has 0 bridgehead atoms. The van der Waals surface area contributed by atoms with Crippen molar-refractivity contribution in [1.29, 1.82) is 0 Å². The van der Waals surface area contributed by atoms with Crippen molar-refractivity contribution in [2.75, 3.05) is 5.75 Å². The molecule has 4 aromatic heterocycles. The molecule has 1 aliphatic rings. The molecular weight excluding hydrogens is 396 g/mol. The van der Waals surface area contributed by atoms with E-state index in [2.05, 4.69) is 20.2 Å². The van der Waals surface area contributed by atoms with E-state index in [0.717, 1.165) is 10.6 Å². The highest BCUT2D eigenvalue weighted by Crippen LogP contribution is 2.35. The molecule has 0 aliphatic carbocycles. The third-order valence-electron chi connectivity index (χ3n) is 4.27. The molecule has 8 nitrogen and oxygen atoms in total. The van der Waals surface area contributed by atoms with E-state index in [1.165, 1.54) is 11.8 Å². The fourth-order valence-corrected chi connectivity index (χ4v) is 4.49. The first-order valence-corrected chi connectivity index (χ1v) is 10.4. The van der Waals surface area contributed by atoms with E-state index >= 15 is 0 Å². The number of hydrogen-bond donors (Lipinski definition) is 0. The summed E-state index contributed by atoms with van der Waals surface area (Å²) in [5.74, 6) is 1.29. The zero-order valence-electron chi connectivity index (χ0n) is 14.5. The Morgan fingerprint density at radius 3 is 3.07 bits per heavy atom. The van der Waals surface area contributed by atoms with Crippen LogP contribution in [0.5, 0.6) is 0 Å². The molecule has 5 heterocycles. The van der Waals surface area contributed by atoms with Crippen LogP contribution in [0, 0.1) is 0 Å². The zero-order valence-corrected chi connectivity index (χ0v) is 16.1. The fraction of sp³-hybridized carbons (Fsp3) is 0.167. The second-order valence-corrected chi connectivity index (χ2v) is 7.97. The minimum absolute atomic E-state index is 0.100. The van der Waals surface area contributed by atoms with Gasteiger partial charge in [-0.15, -0.1) is 16.4 Å². The van der Waals surface area contributed by atoms with Crippen LogP contribution in [-0.4, -0.2) is 42.0 Å². The lowest BCUT2D eigenvalue weighted by Crippen LogP contribution is -2.28. The highest BCUT2D eigenvalue weighted by atomic mass is 32.2. The number of rotatable bonds is 5. The number of thiophene rings is 1. The molecule has 4 aromatic rings. The number of carbonyl (C=O) groups excluding carboxylic acids is 1. The second-order valence-electron chi connectivity index (χ2n) is 6.04. The van der Waals surface area contributed by atoms with E-state index in [0.29, 0.717) is 23.1 Å². The Labute approximate surface area is 167 Å². The first-order valence-electron chi connectivity index (χ1n) is 8.55. The SMILES string of the molecule is O=C(CSc1nc2ncccn2n1)N1N=C(c2ccco2)C[C@H]1c1cccs1. The van der Waals surface area contributed by atoms with Gasteiger partial charge in [-0.25, -0.2) is 14.5 Å². The standard InChI is InChI=1S/C18H14N6O2S2/c25-16(11-28-18-20-17-19-6-3-7-23(17)22-18)24-13(15-5-2-9-27-15)10-12(21-24)14-4-1-8-26-14/h1-9,13H,10-11H2/t13-/m0/s1. The summed E-state index contributed by atoms with van der Waals surface area (Å²) in [6, 6.07) is 9.35. The van der Waals surface area contributed by atoms with Crippen molar-refractivity contribution in [2.45, 2.75) is 17.6 Å². The number of hydrazone groups is 1. The maximum Gasteiger partial charge on any atom is 0.253 e. The third-order valence-corrected chi connectivity index (χ3v) is 6.06. The summed E-state index contributed by atoms with van der Waals surface area (Å²) < 4.78 is 7.06. The minimum Gasteiger partial charge on any atom is -0.463 e. The molecule has 10 heteroatoms. The fourth-order valence-electron chi connectivity index (χ4n) is 3.00. The Kier molecular flexibility index (Phi) is 4.41. The van der Waals surface area contributed by atoms with Crippen molar-refractivity contribution in [3.8, 4) is 0 Å². The maximum atomic E-state index is 12.9. The van der Waals surface area contributed by atoms with Crippen LogP contribution in [-0.2, 0) is 4.79 Å². The van der Waals surface area contributed by atoms with E-state index in [-0.39, 0.29) is 17.7 Å². The van der Waals surface area contributed by atoms with Gasteiger partial charge in [-0.2, -0.15) is 10.1 Å². The van der Waals surface area contributed by atoms with Crippen molar-refractivity contribution >= 4 is 40.5 Å². The third kappa shape index (κ3) is 3.20. The Balaban J connectivity index is 1.36. The van der Waals surface area contributed by atoms with E-state index in [1.54, 1.807) is 45.6 Å². The van der Waals surface area contributed by atoms with Crippen molar-refractivity contribution < 1.29 is 9.21 Å². The summed E-state index contributed by atoms with van der Waals surface area (Å²) in [4.78, 5) is 22.5. The van der Waals surface area contributed by atoms with Crippen LogP contribution in [0.3, 0.4) is 0 Å². The van der Waals surface area contributed by atoms with Crippen LogP contribution < -0.4 is 0 Å². The van der Waals surface area contributed by atoms with Gasteiger partial charge < -0.3 is 4.42 Å². The molecule has 0 saturated heterocycles. The summed E-state index contributed by atoms with van der Waals surface area (Å²) in [6.45, 7) is 0. The van der Waals surface area contributed by atoms with E-state index in [1.807, 2.05) is 29.6 Å². The van der Waals surface area contributed by atoms with E-state index in [9.17, 15) is 4.79 Å². The van der Waals surface area contributed by atoms with Crippen molar-refractivity contribution in [3.63, 3.8) is 0 Å². The molecule has 1 amide bonds. The topological polar surface area (TPSA) is 88.9 Å². The normalized spacial score (nSPS) is 16.6. The average Bonchev–Trinajstić information content (AvgIpc) is 3.50. The predicted octanol–water partition coefficient (Wildman–Crippen LogP) is 3.25. The van der Waals surface area contributed by atoms with Crippen molar-refractivity contribution in [1.82, 2.24) is 24.6 Å². The zero-order chi connectivity index (χ0) is 18.9. The number of fused-ring (bicyclic) bond motifs is 1. The number of furan rings is 1. The van der Waals surface area contributed by atoms with Gasteiger partial charge in [-0.05, 0) is 29.6 Å². The summed E-state index contributed by atoms with van der Waals surface area (Å²) in [5, 5.41) is 13.0. The van der Waals surface area contributed by atoms with Gasteiger partial charge in [-0.1, -0.05) is 17.8 Å². The molecule has 0 radical (unpaired) electrons. The minimum atomic E-state index is -0.121. The number of hydrogen-bond acceptors (Lipinski definition) is 8. The van der Waals surface area contributed by atoms with Crippen molar-refractivity contribution in [2.24, 2.45) is 5.10 Å². The Hall–Kier alpha value is -2.98. The van der Waals surface area contributed by atoms with Crippen LogP contribution in [0.2, 0.25) is 0 Å². The lowest BCUT2D eigenvalue weighted by atomic mass is 10.1. The van der Waals surface area contributed by atoms with Gasteiger partial charge in [0.25, 0.3) is 11.7 Å². The highest BCUT2D eigenvalue weighted by Gasteiger charge is 2.34. The van der Waals surface area contributed by atoms with Crippen LogP contribution in [0.4, 0.5) is 0 Å². The number of carbonyl (C=O) groups is 1. The Morgan fingerprint density at radius 1 is 1.32 bits per heavy atom. The molecule has 0 fully saturated rings. The molecule has 5 rings (SSSR count). The van der Waals surface area contributed by atoms with Gasteiger partial charge in [0.1, 0.15) is 11.5 Å². The maximum absolute atomic E-state index is 12.9. The molecule has 1 atom stereocenters. The molecule has 1 aliphatic heterocycles. The van der Waals surface area contributed by atoms with Crippen LogP contribution >= 0.6 is 23.1 Å². The van der Waals surface area contributed by atoms with Crippen LogP contribution in [0.15, 0.2) is 69.0 Å². The molecule has 0 saturated carbocycles. The molecule has 0 spiro atoms. The highest BCUT2D eigenvalue weighted by molar-refractivity contribution is 7.99. The number of aromatic nitrogens is 4. The van der Waals surface area contributed by atoms with E-state index < -0.39 is 0 Å². The monoisotopic (exact) mass is 410 g/mol. The molecule has 0 unspecified atom stereocenters. The van der Waals surface area contributed by atoms with Crippen molar-refractivity contribution in [3.05, 3.63) is 65.0 Å². The lowest BCUT2D eigenvalue weighted by Gasteiger charge is -2.20. The Morgan fingerprint density at radius 2 is 2.29 bits per heavy atom. The second kappa shape index (κ2) is 7.21. The van der Waals surface area contributed by atoms with Gasteiger partial charge in [0, 0.05) is 23.7 Å². The lowest BCUT2D eigenvalue weighted by molar-refractivity contribution is -0.130. The first kappa shape index (κ1) is 17.1. The summed E-state index contributed by atoms with van der Waals surface area (Å²) in [5.41, 5.74) is 0.775. The number of amides is 1. The van der Waals surface area contributed by atoms with Gasteiger partial charge in [0.05, 0.1) is 18.1 Å². The predicted molar refractivity (Wildman–Crippen MR) is 105 cm³/mol. The molecule has 140 valence electrons. The smallest absolute Gasteiger partial charge is 0.253 e. The summed E-state index contributed by atoms with van der Waals surface area (Å²) in [7, 11) is 0. The molecular formula is C18H14N6O2S2. The number of nitrogens with zero attached hydrogens (tertiary/aromatic N) is 6. The quantitative estimate of drug-likeness (QED) is 0.469. The van der Waals surface area contributed by atoms with E-state index in [4.69, 9.17) is 4.42 Å². The van der Waals surface area contributed by atoms with Gasteiger partial charge in [-0.3, -0.25) is 4.79 Å². The largest absolute Gasteiger partial charge is 0.463 e. The molecule has 28 heavy (non-hydrogen) atoms. The van der Waals surface area contributed by atoms with Crippen LogP contribution in [0.25, 0.3) is 5.78 Å². The van der Waals surface area contributed by atoms with Gasteiger partial charge >= 0.3 is 0 Å². The summed E-state index contributed by atoms with van der Waals surface area (Å²) >= 11 is 2.89. The molecule has 0 N–H and O–H groups in total.